The van der Waals surface area contributed by atoms with E-state index in [4.69, 9.17) is 9.15 Å². The summed E-state index contributed by atoms with van der Waals surface area (Å²) in [4.78, 5) is 38.9. The minimum Gasteiger partial charge on any atom is -0.481 e. The molecule has 7 rings (SSSR count). The number of rotatable bonds is 7. The molecule has 10 heteroatoms. The van der Waals surface area contributed by atoms with Crippen molar-refractivity contribution in [3.8, 4) is 11.5 Å². The maximum atomic E-state index is 14.8. The lowest BCUT2D eigenvalue weighted by molar-refractivity contribution is -0.232. The Labute approximate surface area is 311 Å². The first kappa shape index (κ1) is 37.9. The predicted octanol–water partition coefficient (Wildman–Crippen LogP) is 9.66. The van der Waals surface area contributed by atoms with Crippen molar-refractivity contribution in [2.45, 2.75) is 138 Å². The van der Waals surface area contributed by atoms with Crippen LogP contribution in [-0.2, 0) is 24.5 Å². The molecule has 1 unspecified atom stereocenters. The highest BCUT2D eigenvalue weighted by atomic mass is 19.1. The first-order chi connectivity index (χ1) is 24.6. The lowest BCUT2D eigenvalue weighted by atomic mass is 9.33. The number of carbonyl (C=O) groups excluding carboxylic acids is 2. The first-order valence-electron chi connectivity index (χ1n) is 19.6. The van der Waals surface area contributed by atoms with Gasteiger partial charge in [0.2, 0.25) is 5.89 Å². The lowest BCUT2D eigenvalue weighted by Crippen LogP contribution is -2.66. The molecule has 5 aliphatic rings. The molecule has 4 fully saturated rings. The summed E-state index contributed by atoms with van der Waals surface area (Å²) in [5, 5.41) is 18.2. The molecule has 0 aliphatic heterocycles. The standard InChI is InChI=1S/C43H56F2N2O6/c1-23(2)32-27(48)21-43(36-47-46-35(53-36)33-25(44)11-10-12-26(33)45)20-19-41(8)24(34(32)43)13-14-29-40(7)17-16-30(52-31(49)22-38(3,4)37(50)51)39(5,6)28(40)15-18-42(29,41)9/h10-12,23-24,28-30H,13-22H2,1-9H3,(H,50,51)/t24-,28+,29?,30+,40+,41-,42-,43-/m1/s1. The van der Waals surface area contributed by atoms with E-state index in [1.165, 1.54) is 18.2 Å². The number of nitrogens with zero attached hydrogens (tertiary/aromatic N) is 2. The first-order valence-corrected chi connectivity index (χ1v) is 19.6. The van der Waals surface area contributed by atoms with Crippen LogP contribution in [0.5, 0.6) is 0 Å². The molecule has 1 heterocycles. The van der Waals surface area contributed by atoms with Gasteiger partial charge in [-0.05, 0) is 128 Å². The minimum atomic E-state index is -1.19. The van der Waals surface area contributed by atoms with E-state index in [9.17, 15) is 28.3 Å². The van der Waals surface area contributed by atoms with Crippen molar-refractivity contribution in [3.63, 3.8) is 0 Å². The minimum absolute atomic E-state index is 0.00572. The van der Waals surface area contributed by atoms with Gasteiger partial charge in [0.1, 0.15) is 23.3 Å². The second-order valence-corrected chi connectivity index (χ2v) is 19.5. The van der Waals surface area contributed by atoms with Crippen LogP contribution >= 0.6 is 0 Å². The van der Waals surface area contributed by atoms with Crippen LogP contribution in [0.15, 0.2) is 33.8 Å². The molecular formula is C43H56F2N2O6. The quantitative estimate of drug-likeness (QED) is 0.279. The predicted molar refractivity (Wildman–Crippen MR) is 194 cm³/mol. The van der Waals surface area contributed by atoms with Gasteiger partial charge in [0, 0.05) is 11.8 Å². The van der Waals surface area contributed by atoms with Gasteiger partial charge in [-0.25, -0.2) is 8.78 Å². The van der Waals surface area contributed by atoms with Crippen molar-refractivity contribution < 1.29 is 37.4 Å². The van der Waals surface area contributed by atoms with E-state index < -0.39 is 34.4 Å². The van der Waals surface area contributed by atoms with Crippen molar-refractivity contribution in [2.75, 3.05) is 0 Å². The maximum Gasteiger partial charge on any atom is 0.309 e. The van der Waals surface area contributed by atoms with Crippen LogP contribution in [0, 0.1) is 62.4 Å². The third-order valence-corrected chi connectivity index (χ3v) is 15.8. The summed E-state index contributed by atoms with van der Waals surface area (Å²) in [5.74, 6) is -2.04. The van der Waals surface area contributed by atoms with E-state index in [1.807, 2.05) is 0 Å². The molecule has 1 aromatic heterocycles. The van der Waals surface area contributed by atoms with Crippen molar-refractivity contribution in [1.29, 1.82) is 0 Å². The number of benzene rings is 1. The van der Waals surface area contributed by atoms with Crippen molar-refractivity contribution in [2.24, 2.45) is 50.7 Å². The number of ketones is 1. The Kier molecular flexibility index (Phi) is 8.78. The van der Waals surface area contributed by atoms with Gasteiger partial charge < -0.3 is 14.3 Å². The number of esters is 1. The molecule has 0 bridgehead atoms. The zero-order chi connectivity index (χ0) is 38.7. The molecule has 4 saturated carbocycles. The van der Waals surface area contributed by atoms with Gasteiger partial charge in [-0.1, -0.05) is 54.5 Å². The van der Waals surface area contributed by atoms with Gasteiger partial charge in [-0.15, -0.1) is 10.2 Å². The van der Waals surface area contributed by atoms with Crippen molar-refractivity contribution in [3.05, 3.63) is 46.9 Å². The Bertz CT molecular complexity index is 1880. The third-order valence-electron chi connectivity index (χ3n) is 15.8. The lowest BCUT2D eigenvalue weighted by Gasteiger charge is -2.72. The maximum absolute atomic E-state index is 14.8. The fraction of sp³-hybridized carbons (Fsp3) is 0.698. The summed E-state index contributed by atoms with van der Waals surface area (Å²) in [6.07, 6.45) is 6.79. The number of Topliss-reactive ketones (excluding diaryl/α,β-unsaturated/α-hetero) is 1. The van der Waals surface area contributed by atoms with E-state index in [1.54, 1.807) is 13.8 Å². The molecule has 53 heavy (non-hydrogen) atoms. The number of ether oxygens (including phenoxy) is 1. The van der Waals surface area contributed by atoms with Gasteiger partial charge in [-0.3, -0.25) is 14.4 Å². The van der Waals surface area contributed by atoms with E-state index in [0.29, 0.717) is 18.3 Å². The Morgan fingerprint density at radius 2 is 1.62 bits per heavy atom. The molecule has 288 valence electrons. The molecule has 0 spiro atoms. The number of halogens is 2. The number of carbonyl (C=O) groups is 3. The largest absolute Gasteiger partial charge is 0.481 e. The summed E-state index contributed by atoms with van der Waals surface area (Å²) in [6, 6.07) is 3.65. The number of carboxylic acid groups (broad SMARTS) is 1. The number of aliphatic carboxylic acids is 1. The van der Waals surface area contributed by atoms with Gasteiger partial charge in [-0.2, -0.15) is 0 Å². The highest BCUT2D eigenvalue weighted by Crippen LogP contribution is 2.76. The van der Waals surface area contributed by atoms with Gasteiger partial charge in [0.25, 0.3) is 5.89 Å². The van der Waals surface area contributed by atoms with Gasteiger partial charge in [0.05, 0.1) is 17.3 Å². The average molecular weight is 735 g/mol. The van der Waals surface area contributed by atoms with E-state index in [-0.39, 0.29) is 75.6 Å². The van der Waals surface area contributed by atoms with E-state index in [0.717, 1.165) is 56.1 Å². The Morgan fingerprint density at radius 1 is 0.943 bits per heavy atom. The van der Waals surface area contributed by atoms with Crippen LogP contribution in [0.25, 0.3) is 11.5 Å². The number of fused-ring (bicyclic) bond motifs is 7. The van der Waals surface area contributed by atoms with Crippen molar-refractivity contribution in [1.82, 2.24) is 10.2 Å². The van der Waals surface area contributed by atoms with Crippen LogP contribution in [0.3, 0.4) is 0 Å². The van der Waals surface area contributed by atoms with E-state index >= 15 is 0 Å². The SMILES string of the molecule is CC(C)C1=C2[C@H]3CCC4[C@@]5(C)CC[C@H](OC(=O)CC(C)(C)C(=O)O)C(C)(C)[C@@H]5CC[C@@]4(C)[C@]3(C)CC[C@@]2(c2nnc(-c3c(F)cccc3F)o2)CC1=O. The molecule has 0 radical (unpaired) electrons. The second kappa shape index (κ2) is 12.3. The molecule has 8 atom stereocenters. The zero-order valence-electron chi connectivity index (χ0n) is 32.8. The fourth-order valence-electron chi connectivity index (χ4n) is 12.9. The molecule has 0 saturated heterocycles. The smallest absolute Gasteiger partial charge is 0.309 e. The second-order valence-electron chi connectivity index (χ2n) is 19.5. The number of aromatic nitrogens is 2. The van der Waals surface area contributed by atoms with Gasteiger partial charge in [0.15, 0.2) is 5.78 Å². The van der Waals surface area contributed by atoms with Crippen LogP contribution in [-0.4, -0.2) is 39.1 Å². The number of hydrogen-bond donors (Lipinski definition) is 1. The summed E-state index contributed by atoms with van der Waals surface area (Å²) < 4.78 is 42.1. The molecule has 1 N–H and O–H groups in total. The number of carboxylic acids is 1. The average Bonchev–Trinajstić information content (AvgIpc) is 3.66. The summed E-state index contributed by atoms with van der Waals surface area (Å²) >= 11 is 0. The number of allylic oxidation sites excluding steroid dienone is 2. The molecule has 8 nitrogen and oxygen atoms in total. The highest BCUT2D eigenvalue weighted by molar-refractivity contribution is 6.01. The molecule has 5 aliphatic carbocycles. The monoisotopic (exact) mass is 734 g/mol. The number of hydrogen-bond acceptors (Lipinski definition) is 7. The normalized spacial score (nSPS) is 36.4. The summed E-state index contributed by atoms with van der Waals surface area (Å²) in [5.41, 5.74) is -0.866. The Hall–Kier alpha value is -3.43. The molecule has 1 aromatic carbocycles. The zero-order valence-corrected chi connectivity index (χ0v) is 32.8. The molecule has 2 aromatic rings. The van der Waals surface area contributed by atoms with Crippen molar-refractivity contribution >= 4 is 17.7 Å². The van der Waals surface area contributed by atoms with Crippen LogP contribution in [0.1, 0.15) is 132 Å². The third kappa shape index (κ3) is 5.33. The van der Waals surface area contributed by atoms with Crippen LogP contribution in [0.4, 0.5) is 8.78 Å². The summed E-state index contributed by atoms with van der Waals surface area (Å²) in [6.45, 7) is 19.1. The fourth-order valence-corrected chi connectivity index (χ4v) is 12.9. The van der Waals surface area contributed by atoms with E-state index in [2.05, 4.69) is 58.7 Å². The van der Waals surface area contributed by atoms with Crippen LogP contribution in [0.2, 0.25) is 0 Å². The van der Waals surface area contributed by atoms with Gasteiger partial charge >= 0.3 is 11.9 Å². The topological polar surface area (TPSA) is 120 Å². The Balaban J connectivity index is 1.22. The Morgan fingerprint density at radius 3 is 2.26 bits per heavy atom. The highest BCUT2D eigenvalue weighted by Gasteiger charge is 2.71. The molecular weight excluding hydrogens is 678 g/mol. The van der Waals surface area contributed by atoms with Crippen LogP contribution < -0.4 is 0 Å². The summed E-state index contributed by atoms with van der Waals surface area (Å²) in [7, 11) is 0. The molecule has 0 amide bonds.